The first-order chi connectivity index (χ1) is 14.1. The second-order valence-corrected chi connectivity index (χ2v) is 6.34. The maximum Gasteiger partial charge on any atom is 0.418 e. The molecule has 6 nitrogen and oxygen atoms in total. The van der Waals surface area contributed by atoms with Crippen molar-refractivity contribution in [3.8, 4) is 0 Å². The highest BCUT2D eigenvalue weighted by Gasteiger charge is 2.34. The number of amides is 2. The highest BCUT2D eigenvalue weighted by Crippen LogP contribution is 2.38. The van der Waals surface area contributed by atoms with Crippen LogP contribution in [-0.2, 0) is 25.3 Å². The molecule has 2 N–H and O–H groups in total. The minimum atomic E-state index is -4.75. The van der Waals surface area contributed by atoms with Crippen molar-refractivity contribution in [2.24, 2.45) is 0 Å². The Morgan fingerprint density at radius 3 is 2.33 bits per heavy atom. The molecule has 2 amide bonds. The standard InChI is InChI=1S/C20H16ClF3N2O4/c1-12(27)25-16(10-13-6-3-2-4-7-13)19(29)30-11-17(28)26-18-14(20(22,23)24)8-5-9-15(18)21/h2-10H,11H2,1H3,(H,25,27)(H,26,28). The maximum absolute atomic E-state index is 13.1. The zero-order valence-corrected chi connectivity index (χ0v) is 16.3. The Balaban J connectivity index is 2.10. The molecule has 0 unspecified atom stereocenters. The fourth-order valence-electron chi connectivity index (χ4n) is 2.32. The summed E-state index contributed by atoms with van der Waals surface area (Å²) in [6.45, 7) is 0.280. The molecule has 0 aliphatic rings. The second-order valence-electron chi connectivity index (χ2n) is 5.93. The van der Waals surface area contributed by atoms with E-state index < -0.39 is 41.8 Å². The van der Waals surface area contributed by atoms with Crippen LogP contribution in [0.2, 0.25) is 5.02 Å². The molecule has 0 radical (unpaired) electrons. The number of alkyl halides is 3. The van der Waals surface area contributed by atoms with Crippen molar-refractivity contribution in [1.29, 1.82) is 0 Å². The van der Waals surface area contributed by atoms with Gasteiger partial charge in [0, 0.05) is 6.92 Å². The predicted molar refractivity (Wildman–Crippen MR) is 104 cm³/mol. The largest absolute Gasteiger partial charge is 0.451 e. The van der Waals surface area contributed by atoms with E-state index in [0.29, 0.717) is 5.56 Å². The Hall–Kier alpha value is -3.33. The molecule has 0 bridgehead atoms. The summed E-state index contributed by atoms with van der Waals surface area (Å²) in [5, 5.41) is 3.95. The molecule has 0 fully saturated rings. The minimum Gasteiger partial charge on any atom is -0.451 e. The van der Waals surface area contributed by atoms with Gasteiger partial charge in [0.1, 0.15) is 5.70 Å². The Morgan fingerprint density at radius 2 is 1.73 bits per heavy atom. The number of nitrogens with one attached hydrogen (secondary N) is 2. The number of para-hydroxylation sites is 1. The van der Waals surface area contributed by atoms with Crippen LogP contribution in [0.4, 0.5) is 18.9 Å². The fraction of sp³-hybridized carbons (Fsp3) is 0.150. The zero-order chi connectivity index (χ0) is 22.3. The Kier molecular flexibility index (Phi) is 7.60. The second kappa shape index (κ2) is 9.93. The van der Waals surface area contributed by atoms with Gasteiger partial charge < -0.3 is 15.4 Å². The van der Waals surface area contributed by atoms with Crippen LogP contribution in [0.15, 0.2) is 54.2 Å². The molecule has 0 aliphatic heterocycles. The first-order valence-corrected chi connectivity index (χ1v) is 8.82. The van der Waals surface area contributed by atoms with E-state index in [1.807, 2.05) is 5.32 Å². The lowest BCUT2D eigenvalue weighted by molar-refractivity contribution is -0.144. The van der Waals surface area contributed by atoms with E-state index in [2.05, 4.69) is 5.32 Å². The van der Waals surface area contributed by atoms with Gasteiger partial charge in [-0.05, 0) is 23.8 Å². The smallest absolute Gasteiger partial charge is 0.418 e. The van der Waals surface area contributed by atoms with E-state index >= 15 is 0 Å². The molecule has 2 aromatic rings. The van der Waals surface area contributed by atoms with Crippen LogP contribution in [-0.4, -0.2) is 24.4 Å². The van der Waals surface area contributed by atoms with Gasteiger partial charge in [-0.25, -0.2) is 4.79 Å². The van der Waals surface area contributed by atoms with Crippen LogP contribution in [0.3, 0.4) is 0 Å². The molecule has 30 heavy (non-hydrogen) atoms. The number of hydrogen-bond acceptors (Lipinski definition) is 4. The number of benzene rings is 2. The van der Waals surface area contributed by atoms with Crippen molar-refractivity contribution in [2.75, 3.05) is 11.9 Å². The van der Waals surface area contributed by atoms with Crippen molar-refractivity contribution in [2.45, 2.75) is 13.1 Å². The number of anilines is 1. The molecule has 158 valence electrons. The summed E-state index contributed by atoms with van der Waals surface area (Å²) in [4.78, 5) is 35.6. The third kappa shape index (κ3) is 6.63. The molecule has 0 saturated heterocycles. The molecule has 0 atom stereocenters. The highest BCUT2D eigenvalue weighted by molar-refractivity contribution is 6.34. The first-order valence-electron chi connectivity index (χ1n) is 8.45. The van der Waals surface area contributed by atoms with E-state index in [4.69, 9.17) is 16.3 Å². The number of halogens is 4. The molecule has 0 spiro atoms. The summed E-state index contributed by atoms with van der Waals surface area (Å²) in [7, 11) is 0. The number of carbonyl (C=O) groups is 3. The lowest BCUT2D eigenvalue weighted by Crippen LogP contribution is -2.29. The summed E-state index contributed by atoms with van der Waals surface area (Å²) in [5.74, 6) is -2.63. The van der Waals surface area contributed by atoms with Crippen LogP contribution >= 0.6 is 11.6 Å². The van der Waals surface area contributed by atoms with Gasteiger partial charge in [-0.15, -0.1) is 0 Å². The molecule has 0 heterocycles. The topological polar surface area (TPSA) is 84.5 Å². The van der Waals surface area contributed by atoms with Crippen LogP contribution in [0.25, 0.3) is 6.08 Å². The number of rotatable bonds is 6. The van der Waals surface area contributed by atoms with Gasteiger partial charge in [0.25, 0.3) is 5.91 Å². The lowest BCUT2D eigenvalue weighted by atomic mass is 10.1. The van der Waals surface area contributed by atoms with E-state index in [9.17, 15) is 27.6 Å². The fourth-order valence-corrected chi connectivity index (χ4v) is 2.55. The number of ether oxygens (including phenoxy) is 1. The van der Waals surface area contributed by atoms with Crippen molar-refractivity contribution < 1.29 is 32.3 Å². The summed E-state index contributed by atoms with van der Waals surface area (Å²) in [5.41, 5.74) is -1.45. The lowest BCUT2D eigenvalue weighted by Gasteiger charge is -2.15. The van der Waals surface area contributed by atoms with Crippen molar-refractivity contribution in [3.05, 3.63) is 70.4 Å². The van der Waals surface area contributed by atoms with Gasteiger partial charge in [0.15, 0.2) is 6.61 Å². The van der Waals surface area contributed by atoms with Gasteiger partial charge in [-0.2, -0.15) is 13.2 Å². The summed E-state index contributed by atoms with van der Waals surface area (Å²) in [6, 6.07) is 11.5. The number of esters is 1. The Morgan fingerprint density at radius 1 is 1.07 bits per heavy atom. The van der Waals surface area contributed by atoms with Gasteiger partial charge >= 0.3 is 12.1 Å². The van der Waals surface area contributed by atoms with Crippen LogP contribution in [0.5, 0.6) is 0 Å². The quantitative estimate of drug-likeness (QED) is 0.525. The van der Waals surface area contributed by atoms with Crippen LogP contribution < -0.4 is 10.6 Å². The average molecular weight is 441 g/mol. The van der Waals surface area contributed by atoms with Gasteiger partial charge in [-0.3, -0.25) is 9.59 Å². The van der Waals surface area contributed by atoms with Gasteiger partial charge in [0.05, 0.1) is 16.3 Å². The Bertz CT molecular complexity index is 976. The van der Waals surface area contributed by atoms with E-state index in [1.54, 1.807) is 30.3 Å². The van der Waals surface area contributed by atoms with Gasteiger partial charge in [-0.1, -0.05) is 48.0 Å². The molecular weight excluding hydrogens is 425 g/mol. The molecule has 10 heteroatoms. The van der Waals surface area contributed by atoms with E-state index in [-0.39, 0.29) is 10.7 Å². The van der Waals surface area contributed by atoms with E-state index in [1.165, 1.54) is 19.1 Å². The zero-order valence-electron chi connectivity index (χ0n) is 15.5. The van der Waals surface area contributed by atoms with Crippen molar-refractivity contribution >= 4 is 41.1 Å². The SMILES string of the molecule is CC(=O)NC(=Cc1ccccc1)C(=O)OCC(=O)Nc1c(Cl)cccc1C(F)(F)F. The molecule has 2 aromatic carbocycles. The molecule has 2 rings (SSSR count). The van der Waals surface area contributed by atoms with Crippen molar-refractivity contribution in [1.82, 2.24) is 5.32 Å². The average Bonchev–Trinajstić information content (AvgIpc) is 2.66. The third-order valence-corrected chi connectivity index (χ3v) is 3.87. The molecule has 0 aromatic heterocycles. The Labute approximate surface area is 174 Å². The normalized spacial score (nSPS) is 11.6. The summed E-state index contributed by atoms with van der Waals surface area (Å²) >= 11 is 5.76. The van der Waals surface area contributed by atoms with Gasteiger partial charge in [0.2, 0.25) is 5.91 Å². The first kappa shape index (κ1) is 23.0. The monoisotopic (exact) mass is 440 g/mol. The van der Waals surface area contributed by atoms with E-state index in [0.717, 1.165) is 12.1 Å². The highest BCUT2D eigenvalue weighted by atomic mass is 35.5. The number of carbonyl (C=O) groups excluding carboxylic acids is 3. The predicted octanol–water partition coefficient (Wildman–Crippen LogP) is 4.02. The summed E-state index contributed by atoms with van der Waals surface area (Å²) in [6.07, 6.45) is -3.42. The van der Waals surface area contributed by atoms with Crippen molar-refractivity contribution in [3.63, 3.8) is 0 Å². The molecule has 0 aliphatic carbocycles. The van der Waals surface area contributed by atoms with Crippen LogP contribution in [0.1, 0.15) is 18.1 Å². The molecule has 0 saturated carbocycles. The third-order valence-electron chi connectivity index (χ3n) is 3.56. The molecular formula is C20H16ClF3N2O4. The maximum atomic E-state index is 13.1. The van der Waals surface area contributed by atoms with Crippen LogP contribution in [0, 0.1) is 0 Å². The summed E-state index contributed by atoms with van der Waals surface area (Å²) < 4.78 is 44.1. The minimum absolute atomic E-state index is 0.241. The number of hydrogen-bond donors (Lipinski definition) is 2.